The number of halogens is 8. The molecule has 0 aliphatic carbocycles. The van der Waals surface area contributed by atoms with Crippen LogP contribution in [0.1, 0.15) is 16.7 Å². The first-order valence-corrected chi connectivity index (χ1v) is 17.0. The van der Waals surface area contributed by atoms with Crippen LogP contribution in [-0.4, -0.2) is 34.8 Å². The molecule has 0 bridgehead atoms. The van der Waals surface area contributed by atoms with E-state index < -0.39 is 85.5 Å². The molecule has 9 nitrogen and oxygen atoms in total. The second-order valence-electron chi connectivity index (χ2n) is 10.1. The number of carbonyl (C=O) groups excluding carboxylic acids is 1. The lowest BCUT2D eigenvalue weighted by Gasteiger charge is -2.21. The number of nitrogens with zero attached hydrogens (tertiary/aromatic N) is 2. The van der Waals surface area contributed by atoms with Gasteiger partial charge in [-0.05, 0) is 67.1 Å². The summed E-state index contributed by atoms with van der Waals surface area (Å²) in [5.41, 5.74) is -4.42. The maximum absolute atomic E-state index is 14.4. The molecule has 0 spiro atoms. The SMILES string of the molecule is C=CC(=O)N(C)c1cccc(Oc2ncc(C)cc2S(=O)(=O)Nc2ccc(Cl)c(C(F)(F)F)c2S(=O)(=O)c2ccc(Cl)c(C(F)(F)F)c2)c1. The van der Waals surface area contributed by atoms with Crippen LogP contribution < -0.4 is 14.4 Å². The van der Waals surface area contributed by atoms with E-state index in [0.717, 1.165) is 12.1 Å². The molecule has 0 saturated heterocycles. The maximum atomic E-state index is 14.4. The van der Waals surface area contributed by atoms with Gasteiger partial charge >= 0.3 is 12.4 Å². The number of carbonyl (C=O) groups is 1. The minimum atomic E-state index is -5.63. The number of sulfone groups is 1. The molecule has 0 aliphatic heterocycles. The molecule has 0 unspecified atom stereocenters. The average molecular weight is 769 g/mol. The van der Waals surface area contributed by atoms with E-state index in [4.69, 9.17) is 27.9 Å². The lowest BCUT2D eigenvalue weighted by Crippen LogP contribution is -2.23. The predicted octanol–water partition coefficient (Wildman–Crippen LogP) is 8.31. The zero-order valence-corrected chi connectivity index (χ0v) is 28.0. The quantitative estimate of drug-likeness (QED) is 0.134. The number of pyridine rings is 1. The molecule has 1 aromatic heterocycles. The van der Waals surface area contributed by atoms with Gasteiger partial charge in [0.15, 0.2) is 0 Å². The topological polar surface area (TPSA) is 123 Å². The number of anilines is 2. The molecular weight excluding hydrogens is 747 g/mol. The van der Waals surface area contributed by atoms with Crippen molar-refractivity contribution in [2.45, 2.75) is 34.0 Å². The van der Waals surface area contributed by atoms with Gasteiger partial charge in [-0.15, -0.1) is 0 Å². The summed E-state index contributed by atoms with van der Waals surface area (Å²) < 4.78 is 146. The third kappa shape index (κ3) is 7.95. The number of aryl methyl sites for hydroxylation is 1. The standard InChI is InChI=1S/C30H21Cl2F6N3O6S2/c1-4-25(42)41(3)17-6-5-7-18(13-17)47-28-24(12-16(2)15-39-28)49(45,46)40-23-11-10-22(32)26(30(36,37)38)27(23)48(43,44)19-8-9-21(31)20(14-19)29(33,34)35/h4-15,40H,1H2,2-3H3. The van der Waals surface area contributed by atoms with Gasteiger partial charge in [0.25, 0.3) is 10.0 Å². The Morgan fingerprint density at radius 1 is 0.939 bits per heavy atom. The molecule has 0 aliphatic rings. The number of benzene rings is 3. The number of aromatic nitrogens is 1. The Morgan fingerprint density at radius 2 is 1.59 bits per heavy atom. The fourth-order valence-corrected chi connectivity index (χ4v) is 7.82. The van der Waals surface area contributed by atoms with Crippen LogP contribution in [0, 0.1) is 6.92 Å². The first-order chi connectivity index (χ1) is 22.6. The maximum Gasteiger partial charge on any atom is 0.419 e. The van der Waals surface area contributed by atoms with Crippen molar-refractivity contribution < 1.29 is 52.7 Å². The highest BCUT2D eigenvalue weighted by Crippen LogP contribution is 2.46. The number of ether oxygens (including phenoxy) is 1. The average Bonchev–Trinajstić information content (AvgIpc) is 3.00. The summed E-state index contributed by atoms with van der Waals surface area (Å²) in [7, 11) is -9.30. The highest BCUT2D eigenvalue weighted by atomic mass is 35.5. The second-order valence-corrected chi connectivity index (χ2v) is 14.4. The van der Waals surface area contributed by atoms with Crippen LogP contribution in [0.25, 0.3) is 0 Å². The lowest BCUT2D eigenvalue weighted by molar-refractivity contribution is -0.140. The van der Waals surface area contributed by atoms with Gasteiger partial charge in [-0.1, -0.05) is 35.8 Å². The van der Waals surface area contributed by atoms with E-state index in [9.17, 15) is 48.0 Å². The smallest absolute Gasteiger partial charge is 0.419 e. The Kier molecular flexibility index (Phi) is 10.4. The zero-order valence-electron chi connectivity index (χ0n) is 24.8. The summed E-state index contributed by atoms with van der Waals surface area (Å²) in [6, 6.07) is 8.93. The summed E-state index contributed by atoms with van der Waals surface area (Å²) in [4.78, 5) is 13.4. The number of sulfonamides is 1. The Morgan fingerprint density at radius 3 is 2.20 bits per heavy atom. The van der Waals surface area contributed by atoms with Gasteiger partial charge in [0.1, 0.15) is 15.5 Å². The molecule has 4 rings (SSSR count). The normalized spacial score (nSPS) is 12.4. The molecule has 1 heterocycles. The van der Waals surface area contributed by atoms with Gasteiger partial charge in [-0.25, -0.2) is 21.8 Å². The molecule has 1 amide bonds. The number of alkyl halides is 6. The minimum Gasteiger partial charge on any atom is -0.438 e. The van der Waals surface area contributed by atoms with E-state index in [1.807, 2.05) is 0 Å². The second kappa shape index (κ2) is 13.5. The van der Waals surface area contributed by atoms with E-state index in [1.54, 1.807) is 4.72 Å². The van der Waals surface area contributed by atoms with Gasteiger partial charge in [-0.2, -0.15) is 26.3 Å². The highest BCUT2D eigenvalue weighted by molar-refractivity contribution is 7.93. The summed E-state index contributed by atoms with van der Waals surface area (Å²) in [5.74, 6) is -1.14. The Hall–Kier alpha value is -4.32. The molecule has 19 heteroatoms. The van der Waals surface area contributed by atoms with Crippen molar-refractivity contribution >= 4 is 60.3 Å². The van der Waals surface area contributed by atoms with Crippen molar-refractivity contribution in [3.05, 3.63) is 106 Å². The van der Waals surface area contributed by atoms with Crippen molar-refractivity contribution in [2.75, 3.05) is 16.7 Å². The van der Waals surface area contributed by atoms with E-state index >= 15 is 0 Å². The van der Waals surface area contributed by atoms with Crippen LogP contribution in [0.15, 0.2) is 94.2 Å². The van der Waals surface area contributed by atoms with E-state index in [2.05, 4.69) is 11.6 Å². The fourth-order valence-electron chi connectivity index (χ4n) is 4.32. The Bertz CT molecular complexity index is 2200. The molecular formula is C30H21Cl2F6N3O6S2. The van der Waals surface area contributed by atoms with Crippen molar-refractivity contribution in [1.82, 2.24) is 4.98 Å². The third-order valence-corrected chi connectivity index (χ3v) is 10.5. The summed E-state index contributed by atoms with van der Waals surface area (Å²) in [5, 5.41) is -2.14. The Labute approximate surface area is 285 Å². The number of likely N-dealkylation sites (N-methyl/N-ethyl adjacent to an activating group) is 1. The van der Waals surface area contributed by atoms with Crippen molar-refractivity contribution in [1.29, 1.82) is 0 Å². The van der Waals surface area contributed by atoms with Crippen LogP contribution in [0.4, 0.5) is 37.7 Å². The van der Waals surface area contributed by atoms with E-state index in [0.29, 0.717) is 30.0 Å². The number of nitrogens with one attached hydrogen (secondary N) is 1. The van der Waals surface area contributed by atoms with E-state index in [1.165, 1.54) is 49.3 Å². The van der Waals surface area contributed by atoms with Gasteiger partial charge in [0, 0.05) is 25.0 Å². The summed E-state index contributed by atoms with van der Waals surface area (Å²) in [6.07, 6.45) is -8.52. The molecule has 3 aromatic carbocycles. The van der Waals surface area contributed by atoms with Gasteiger partial charge in [0.2, 0.25) is 21.6 Å². The van der Waals surface area contributed by atoms with Crippen molar-refractivity contribution in [2.24, 2.45) is 0 Å². The van der Waals surface area contributed by atoms with Crippen molar-refractivity contribution in [3.63, 3.8) is 0 Å². The van der Waals surface area contributed by atoms with Gasteiger partial charge in [-0.3, -0.25) is 9.52 Å². The number of hydrogen-bond acceptors (Lipinski definition) is 7. The van der Waals surface area contributed by atoms with Crippen LogP contribution in [-0.2, 0) is 37.0 Å². The third-order valence-electron chi connectivity index (χ3n) is 6.63. The Balaban J connectivity index is 1.89. The first-order valence-electron chi connectivity index (χ1n) is 13.3. The molecule has 1 N–H and O–H groups in total. The van der Waals surface area contributed by atoms with Crippen LogP contribution >= 0.6 is 23.2 Å². The fraction of sp³-hybridized carbons (Fsp3) is 0.133. The van der Waals surface area contributed by atoms with Crippen LogP contribution in [0.5, 0.6) is 11.6 Å². The molecule has 0 fully saturated rings. The summed E-state index contributed by atoms with van der Waals surface area (Å²) in [6.45, 7) is 4.82. The highest BCUT2D eigenvalue weighted by Gasteiger charge is 2.43. The molecule has 0 saturated carbocycles. The van der Waals surface area contributed by atoms with Crippen LogP contribution in [0.2, 0.25) is 10.0 Å². The molecule has 260 valence electrons. The van der Waals surface area contributed by atoms with E-state index in [-0.39, 0.29) is 17.4 Å². The summed E-state index contributed by atoms with van der Waals surface area (Å²) >= 11 is 11.3. The number of rotatable bonds is 9. The largest absolute Gasteiger partial charge is 0.438 e. The van der Waals surface area contributed by atoms with Crippen molar-refractivity contribution in [3.8, 4) is 11.6 Å². The minimum absolute atomic E-state index is 0.0155. The monoisotopic (exact) mass is 767 g/mol. The zero-order chi connectivity index (χ0) is 36.7. The molecule has 49 heavy (non-hydrogen) atoms. The van der Waals surface area contributed by atoms with Crippen LogP contribution in [0.3, 0.4) is 0 Å². The molecule has 4 aromatic rings. The number of amides is 1. The first kappa shape index (κ1) is 37.5. The number of hydrogen-bond donors (Lipinski definition) is 1. The van der Waals surface area contributed by atoms with Gasteiger partial charge < -0.3 is 9.64 Å². The lowest BCUT2D eigenvalue weighted by atomic mass is 10.2. The molecule has 0 atom stereocenters. The van der Waals surface area contributed by atoms with Gasteiger partial charge in [0.05, 0.1) is 31.8 Å². The predicted molar refractivity (Wildman–Crippen MR) is 168 cm³/mol. The molecule has 0 radical (unpaired) electrons.